The molecule has 3 nitrogen and oxygen atoms in total. The van der Waals surface area contributed by atoms with E-state index in [0.717, 1.165) is 37.2 Å². The second-order valence-corrected chi connectivity index (χ2v) is 6.56. The molecule has 0 radical (unpaired) electrons. The van der Waals surface area contributed by atoms with Crippen molar-refractivity contribution in [3.8, 4) is 0 Å². The first-order valence-electron chi connectivity index (χ1n) is 6.82. The fourth-order valence-corrected chi connectivity index (χ4v) is 4.14. The van der Waals surface area contributed by atoms with Crippen LogP contribution in [-0.4, -0.2) is 34.2 Å². The summed E-state index contributed by atoms with van der Waals surface area (Å²) in [4.78, 5) is 11.6. The molecule has 0 aromatic carbocycles. The number of aliphatic carboxylic acids is 1. The molecule has 1 aliphatic carbocycles. The molecular formula is C13H23NO2S. The minimum Gasteiger partial charge on any atom is -0.480 e. The molecule has 2 N–H and O–H groups in total. The highest BCUT2D eigenvalue weighted by Gasteiger charge is 2.41. The molecule has 0 unspecified atom stereocenters. The molecule has 1 heterocycles. The van der Waals surface area contributed by atoms with Crippen molar-refractivity contribution >= 4 is 17.7 Å². The Balaban J connectivity index is 1.98. The summed E-state index contributed by atoms with van der Waals surface area (Å²) in [5.41, 5.74) is -0.625. The summed E-state index contributed by atoms with van der Waals surface area (Å²) in [5, 5.41) is 13.0. The van der Waals surface area contributed by atoms with Gasteiger partial charge in [0.15, 0.2) is 0 Å². The van der Waals surface area contributed by atoms with Crippen LogP contribution < -0.4 is 5.32 Å². The van der Waals surface area contributed by atoms with Gasteiger partial charge in [0.05, 0.1) is 0 Å². The molecule has 0 spiro atoms. The van der Waals surface area contributed by atoms with Gasteiger partial charge in [0.2, 0.25) is 0 Å². The average molecular weight is 257 g/mol. The largest absolute Gasteiger partial charge is 0.480 e. The van der Waals surface area contributed by atoms with Crippen molar-refractivity contribution in [2.45, 2.75) is 62.9 Å². The van der Waals surface area contributed by atoms with Crippen LogP contribution in [0.3, 0.4) is 0 Å². The fourth-order valence-electron chi connectivity index (χ4n) is 2.95. The van der Waals surface area contributed by atoms with Gasteiger partial charge in [-0.1, -0.05) is 25.7 Å². The molecule has 2 fully saturated rings. The molecule has 1 saturated heterocycles. The van der Waals surface area contributed by atoms with Crippen molar-refractivity contribution in [1.82, 2.24) is 5.32 Å². The Morgan fingerprint density at radius 1 is 1.12 bits per heavy atom. The molecular weight excluding hydrogens is 234 g/mol. The van der Waals surface area contributed by atoms with Crippen molar-refractivity contribution in [1.29, 1.82) is 0 Å². The van der Waals surface area contributed by atoms with Crippen molar-refractivity contribution in [3.05, 3.63) is 0 Å². The normalized spacial score (nSPS) is 26.4. The maximum Gasteiger partial charge on any atom is 0.323 e. The molecule has 4 heteroatoms. The van der Waals surface area contributed by atoms with Crippen molar-refractivity contribution in [2.24, 2.45) is 0 Å². The van der Waals surface area contributed by atoms with Crippen LogP contribution in [0.1, 0.15) is 51.4 Å². The summed E-state index contributed by atoms with van der Waals surface area (Å²) >= 11 is 1.88. The van der Waals surface area contributed by atoms with E-state index in [9.17, 15) is 9.90 Å². The van der Waals surface area contributed by atoms with Gasteiger partial charge in [-0.05, 0) is 37.2 Å². The molecule has 0 atom stereocenters. The smallest absolute Gasteiger partial charge is 0.323 e. The Labute approximate surface area is 108 Å². The molecule has 0 bridgehead atoms. The standard InChI is InChI=1S/C13H23NO2S/c15-12(16)13(7-9-17-10-8-13)14-11-5-3-1-2-4-6-11/h11,14H,1-10H2,(H,15,16). The highest BCUT2D eigenvalue weighted by molar-refractivity contribution is 7.99. The van der Waals surface area contributed by atoms with Crippen LogP contribution >= 0.6 is 11.8 Å². The van der Waals surface area contributed by atoms with E-state index in [4.69, 9.17) is 0 Å². The van der Waals surface area contributed by atoms with Gasteiger partial charge in [0.25, 0.3) is 0 Å². The molecule has 98 valence electrons. The first kappa shape index (κ1) is 13.2. The number of carboxylic acid groups (broad SMARTS) is 1. The predicted octanol–water partition coefficient (Wildman–Crippen LogP) is 2.65. The molecule has 2 rings (SSSR count). The lowest BCUT2D eigenvalue weighted by Crippen LogP contribution is -2.57. The van der Waals surface area contributed by atoms with Crippen LogP contribution in [0.2, 0.25) is 0 Å². The monoisotopic (exact) mass is 257 g/mol. The Morgan fingerprint density at radius 3 is 2.24 bits per heavy atom. The molecule has 17 heavy (non-hydrogen) atoms. The number of rotatable bonds is 3. The third-order valence-corrected chi connectivity index (χ3v) is 5.08. The SMILES string of the molecule is O=C(O)C1(NC2CCCCCC2)CCSCC1. The number of nitrogens with one attached hydrogen (secondary N) is 1. The van der Waals surface area contributed by atoms with E-state index in [2.05, 4.69) is 5.32 Å². The highest BCUT2D eigenvalue weighted by atomic mass is 32.2. The molecule has 2 aliphatic rings. The fraction of sp³-hybridized carbons (Fsp3) is 0.923. The maximum atomic E-state index is 11.6. The number of carbonyl (C=O) groups is 1. The van der Waals surface area contributed by atoms with Gasteiger partial charge in [0.1, 0.15) is 5.54 Å². The molecule has 0 aromatic rings. The van der Waals surface area contributed by atoms with Crippen LogP contribution in [0.25, 0.3) is 0 Å². The molecule has 0 aromatic heterocycles. The summed E-state index contributed by atoms with van der Waals surface area (Å²) < 4.78 is 0. The summed E-state index contributed by atoms with van der Waals surface area (Å²) in [7, 11) is 0. The van der Waals surface area contributed by atoms with Crippen molar-refractivity contribution in [3.63, 3.8) is 0 Å². The summed E-state index contributed by atoms with van der Waals surface area (Å²) in [6.45, 7) is 0. The number of hydrogen-bond donors (Lipinski definition) is 2. The van der Waals surface area contributed by atoms with Gasteiger partial charge in [-0.2, -0.15) is 11.8 Å². The summed E-state index contributed by atoms with van der Waals surface area (Å²) in [6.07, 6.45) is 9.00. The van der Waals surface area contributed by atoms with E-state index >= 15 is 0 Å². The minimum atomic E-state index is -0.637. The zero-order chi connectivity index (χ0) is 12.1. The van der Waals surface area contributed by atoms with E-state index < -0.39 is 11.5 Å². The minimum absolute atomic E-state index is 0.428. The maximum absolute atomic E-state index is 11.6. The lowest BCUT2D eigenvalue weighted by molar-refractivity contribution is -0.145. The Bertz CT molecular complexity index is 256. The predicted molar refractivity (Wildman–Crippen MR) is 71.6 cm³/mol. The van der Waals surface area contributed by atoms with E-state index in [1.54, 1.807) is 0 Å². The van der Waals surface area contributed by atoms with Crippen LogP contribution in [0, 0.1) is 0 Å². The first-order valence-corrected chi connectivity index (χ1v) is 7.97. The Morgan fingerprint density at radius 2 is 1.71 bits per heavy atom. The lowest BCUT2D eigenvalue weighted by Gasteiger charge is -2.37. The third kappa shape index (κ3) is 3.38. The first-order chi connectivity index (χ1) is 8.23. The Kier molecular flexibility index (Phi) is 4.74. The average Bonchev–Trinajstić information content (AvgIpc) is 2.59. The topological polar surface area (TPSA) is 49.3 Å². The lowest BCUT2D eigenvalue weighted by atomic mass is 9.90. The highest BCUT2D eigenvalue weighted by Crippen LogP contribution is 2.29. The van der Waals surface area contributed by atoms with Gasteiger partial charge in [-0.15, -0.1) is 0 Å². The molecule has 0 amide bonds. The zero-order valence-corrected chi connectivity index (χ0v) is 11.2. The van der Waals surface area contributed by atoms with Gasteiger partial charge in [0, 0.05) is 6.04 Å². The van der Waals surface area contributed by atoms with E-state index in [1.807, 2.05) is 11.8 Å². The van der Waals surface area contributed by atoms with Crippen molar-refractivity contribution in [2.75, 3.05) is 11.5 Å². The van der Waals surface area contributed by atoms with Crippen LogP contribution in [0.15, 0.2) is 0 Å². The van der Waals surface area contributed by atoms with Crippen LogP contribution in [0.5, 0.6) is 0 Å². The third-order valence-electron chi connectivity index (χ3n) is 4.09. The molecule has 1 saturated carbocycles. The second kappa shape index (κ2) is 6.10. The van der Waals surface area contributed by atoms with E-state index in [1.165, 1.54) is 25.7 Å². The number of thioether (sulfide) groups is 1. The van der Waals surface area contributed by atoms with Crippen molar-refractivity contribution < 1.29 is 9.90 Å². The zero-order valence-electron chi connectivity index (χ0n) is 10.4. The van der Waals surface area contributed by atoms with Crippen LogP contribution in [-0.2, 0) is 4.79 Å². The van der Waals surface area contributed by atoms with E-state index in [0.29, 0.717) is 6.04 Å². The van der Waals surface area contributed by atoms with Gasteiger partial charge in [-0.25, -0.2) is 0 Å². The quantitative estimate of drug-likeness (QED) is 0.763. The van der Waals surface area contributed by atoms with Gasteiger partial charge < -0.3 is 5.11 Å². The van der Waals surface area contributed by atoms with Gasteiger partial charge >= 0.3 is 5.97 Å². The Hall–Kier alpha value is -0.220. The van der Waals surface area contributed by atoms with Gasteiger partial charge in [-0.3, -0.25) is 10.1 Å². The van der Waals surface area contributed by atoms with E-state index in [-0.39, 0.29) is 0 Å². The number of hydrogen-bond acceptors (Lipinski definition) is 3. The molecule has 1 aliphatic heterocycles. The number of carboxylic acids is 1. The summed E-state index contributed by atoms with van der Waals surface area (Å²) in [6, 6.07) is 0.428. The summed E-state index contributed by atoms with van der Waals surface area (Å²) in [5.74, 6) is 1.32. The van der Waals surface area contributed by atoms with Crippen LogP contribution in [0.4, 0.5) is 0 Å². The second-order valence-electron chi connectivity index (χ2n) is 5.33.